The number of rotatable bonds is 6. The Hall–Kier alpha value is -2.04. The van der Waals surface area contributed by atoms with Crippen LogP contribution in [0, 0.1) is 13.8 Å². The number of nitrogens with one attached hydrogen (secondary N) is 1. The molecule has 0 saturated carbocycles. The maximum atomic E-state index is 12.3. The first-order chi connectivity index (χ1) is 11.5. The van der Waals surface area contributed by atoms with Crippen LogP contribution in [0.25, 0.3) is 0 Å². The molecule has 1 fully saturated rings. The van der Waals surface area contributed by atoms with E-state index in [0.29, 0.717) is 19.5 Å². The molecule has 1 aromatic rings. The number of carbonyl (C=O) groups is 2. The maximum Gasteiger partial charge on any atom is 0.260 e. The molecule has 2 rings (SSSR count). The molecule has 24 heavy (non-hydrogen) atoms. The summed E-state index contributed by atoms with van der Waals surface area (Å²) in [6.07, 6.45) is 3.05. The summed E-state index contributed by atoms with van der Waals surface area (Å²) in [7, 11) is 0. The van der Waals surface area contributed by atoms with E-state index < -0.39 is 0 Å². The molecule has 1 heterocycles. The van der Waals surface area contributed by atoms with Gasteiger partial charge < -0.3 is 15.0 Å². The molecule has 1 aromatic carbocycles. The van der Waals surface area contributed by atoms with E-state index in [4.69, 9.17) is 4.74 Å². The van der Waals surface area contributed by atoms with Crippen molar-refractivity contribution in [2.24, 2.45) is 0 Å². The van der Waals surface area contributed by atoms with Gasteiger partial charge in [-0.05, 0) is 50.3 Å². The number of benzene rings is 1. The Bertz CT molecular complexity index is 578. The third-order valence-electron chi connectivity index (χ3n) is 4.60. The lowest BCUT2D eigenvalue weighted by Gasteiger charge is -2.32. The molecule has 0 bridgehead atoms. The van der Waals surface area contributed by atoms with Crippen LogP contribution in [0.15, 0.2) is 18.2 Å². The van der Waals surface area contributed by atoms with Crippen molar-refractivity contribution in [2.45, 2.75) is 52.5 Å². The Balaban J connectivity index is 1.76. The minimum Gasteiger partial charge on any atom is -0.483 e. The van der Waals surface area contributed by atoms with E-state index in [2.05, 4.69) is 5.32 Å². The first-order valence-corrected chi connectivity index (χ1v) is 8.77. The van der Waals surface area contributed by atoms with E-state index in [1.807, 2.05) is 43.9 Å². The molecule has 0 aromatic heterocycles. The Morgan fingerprint density at radius 3 is 2.62 bits per heavy atom. The Morgan fingerprint density at radius 1 is 1.25 bits per heavy atom. The number of amides is 2. The monoisotopic (exact) mass is 332 g/mol. The topological polar surface area (TPSA) is 58.6 Å². The molecule has 1 aliphatic rings. The van der Waals surface area contributed by atoms with Gasteiger partial charge in [-0.3, -0.25) is 9.59 Å². The van der Waals surface area contributed by atoms with E-state index in [-0.39, 0.29) is 24.5 Å². The lowest BCUT2D eigenvalue weighted by atomic mass is 10.0. The van der Waals surface area contributed by atoms with Gasteiger partial charge in [-0.2, -0.15) is 0 Å². The third kappa shape index (κ3) is 4.98. The Labute approximate surface area is 144 Å². The van der Waals surface area contributed by atoms with E-state index in [1.54, 1.807) is 0 Å². The summed E-state index contributed by atoms with van der Waals surface area (Å²) in [6.45, 7) is 7.44. The van der Waals surface area contributed by atoms with Gasteiger partial charge in [0.05, 0.1) is 0 Å². The fraction of sp³-hybridized carbons (Fsp3) is 0.579. The number of piperidine rings is 1. The molecule has 5 nitrogen and oxygen atoms in total. The second kappa shape index (κ2) is 8.71. The lowest BCUT2D eigenvalue weighted by Crippen LogP contribution is -2.47. The molecule has 0 aliphatic carbocycles. The van der Waals surface area contributed by atoms with E-state index >= 15 is 0 Å². The second-order valence-corrected chi connectivity index (χ2v) is 6.46. The minimum atomic E-state index is 0.00856. The number of hydrogen-bond donors (Lipinski definition) is 1. The van der Waals surface area contributed by atoms with Gasteiger partial charge in [0.1, 0.15) is 5.75 Å². The first kappa shape index (κ1) is 18.3. The van der Waals surface area contributed by atoms with Gasteiger partial charge >= 0.3 is 0 Å². The third-order valence-corrected chi connectivity index (χ3v) is 4.60. The quantitative estimate of drug-likeness (QED) is 0.871. The number of likely N-dealkylation sites (tertiary alicyclic amines) is 1. The molecular formula is C19H28N2O3. The largest absolute Gasteiger partial charge is 0.483 e. The van der Waals surface area contributed by atoms with Crippen LogP contribution in [-0.4, -0.2) is 42.5 Å². The summed E-state index contributed by atoms with van der Waals surface area (Å²) in [4.78, 5) is 25.8. The zero-order valence-corrected chi connectivity index (χ0v) is 14.9. The molecule has 0 atom stereocenters. The average molecular weight is 332 g/mol. The van der Waals surface area contributed by atoms with Gasteiger partial charge in [0.25, 0.3) is 5.91 Å². The fourth-order valence-electron chi connectivity index (χ4n) is 2.91. The van der Waals surface area contributed by atoms with Gasteiger partial charge in [-0.1, -0.05) is 19.1 Å². The number of hydrogen-bond acceptors (Lipinski definition) is 3. The van der Waals surface area contributed by atoms with Crippen molar-refractivity contribution in [3.05, 3.63) is 29.3 Å². The van der Waals surface area contributed by atoms with Crippen LogP contribution in [0.1, 0.15) is 43.7 Å². The number of carbonyl (C=O) groups excluding carboxylic acids is 2. The van der Waals surface area contributed by atoms with Crippen molar-refractivity contribution in [3.8, 4) is 5.75 Å². The number of aryl methyl sites for hydroxylation is 1. The van der Waals surface area contributed by atoms with Gasteiger partial charge in [-0.25, -0.2) is 0 Å². The van der Waals surface area contributed by atoms with Gasteiger partial charge in [0.15, 0.2) is 6.61 Å². The van der Waals surface area contributed by atoms with Crippen LogP contribution in [0.4, 0.5) is 0 Å². The molecule has 1 N–H and O–H groups in total. The zero-order valence-electron chi connectivity index (χ0n) is 14.9. The summed E-state index contributed by atoms with van der Waals surface area (Å²) < 4.78 is 5.70. The molecule has 0 spiro atoms. The van der Waals surface area contributed by atoms with Crippen molar-refractivity contribution < 1.29 is 14.3 Å². The first-order valence-electron chi connectivity index (χ1n) is 8.77. The molecule has 5 heteroatoms. The van der Waals surface area contributed by atoms with Crippen LogP contribution < -0.4 is 10.1 Å². The van der Waals surface area contributed by atoms with Crippen LogP contribution >= 0.6 is 0 Å². The summed E-state index contributed by atoms with van der Waals surface area (Å²) in [5.74, 6) is 0.889. The summed E-state index contributed by atoms with van der Waals surface area (Å²) >= 11 is 0. The number of nitrogens with zero attached hydrogens (tertiary/aromatic N) is 1. The molecule has 1 aliphatic heterocycles. The molecule has 2 amide bonds. The summed E-state index contributed by atoms with van der Waals surface area (Å²) in [6, 6.07) is 6.05. The highest BCUT2D eigenvalue weighted by Crippen LogP contribution is 2.20. The smallest absolute Gasteiger partial charge is 0.260 e. The summed E-state index contributed by atoms with van der Waals surface area (Å²) in [5.41, 5.74) is 2.23. The molecule has 132 valence electrons. The van der Waals surface area contributed by atoms with Crippen molar-refractivity contribution in [3.63, 3.8) is 0 Å². The Morgan fingerprint density at radius 2 is 1.96 bits per heavy atom. The normalized spacial score (nSPS) is 15.2. The number of ether oxygens (including phenoxy) is 1. The maximum absolute atomic E-state index is 12.3. The van der Waals surface area contributed by atoms with E-state index in [0.717, 1.165) is 36.1 Å². The molecular weight excluding hydrogens is 304 g/mol. The minimum absolute atomic E-state index is 0.00856. The zero-order chi connectivity index (χ0) is 17.5. The average Bonchev–Trinajstić information content (AvgIpc) is 2.57. The highest BCUT2D eigenvalue weighted by molar-refractivity contribution is 5.78. The van der Waals surface area contributed by atoms with Crippen LogP contribution in [0.3, 0.4) is 0 Å². The molecule has 0 unspecified atom stereocenters. The van der Waals surface area contributed by atoms with Crippen molar-refractivity contribution in [1.82, 2.24) is 10.2 Å². The van der Waals surface area contributed by atoms with Gasteiger partial charge in [0.2, 0.25) is 5.91 Å². The van der Waals surface area contributed by atoms with E-state index in [1.165, 1.54) is 0 Å². The molecule has 0 radical (unpaired) electrons. The SMILES string of the molecule is CCCC(=O)NC1CCN(C(=O)COc2cccc(C)c2C)CC1. The van der Waals surface area contributed by atoms with Crippen LogP contribution in [-0.2, 0) is 9.59 Å². The predicted octanol–water partition coefficient (Wildman–Crippen LogP) is 2.59. The van der Waals surface area contributed by atoms with Crippen molar-refractivity contribution >= 4 is 11.8 Å². The van der Waals surface area contributed by atoms with Crippen molar-refractivity contribution in [2.75, 3.05) is 19.7 Å². The predicted molar refractivity (Wildman–Crippen MR) is 94.1 cm³/mol. The summed E-state index contributed by atoms with van der Waals surface area (Å²) in [5, 5.41) is 3.04. The van der Waals surface area contributed by atoms with Crippen molar-refractivity contribution in [1.29, 1.82) is 0 Å². The van der Waals surface area contributed by atoms with Gasteiger partial charge in [-0.15, -0.1) is 0 Å². The highest BCUT2D eigenvalue weighted by Gasteiger charge is 2.24. The van der Waals surface area contributed by atoms with Crippen LogP contribution in [0.5, 0.6) is 5.75 Å². The van der Waals surface area contributed by atoms with Crippen LogP contribution in [0.2, 0.25) is 0 Å². The second-order valence-electron chi connectivity index (χ2n) is 6.46. The van der Waals surface area contributed by atoms with Gasteiger partial charge in [0, 0.05) is 25.6 Å². The Kier molecular flexibility index (Phi) is 6.64. The standard InChI is InChI=1S/C19H28N2O3/c1-4-6-18(22)20-16-9-11-21(12-10-16)19(23)13-24-17-8-5-7-14(2)15(17)3/h5,7-8,16H,4,6,9-13H2,1-3H3,(H,20,22). The fourth-order valence-corrected chi connectivity index (χ4v) is 2.91. The molecule has 1 saturated heterocycles. The lowest BCUT2D eigenvalue weighted by molar-refractivity contribution is -0.134. The van der Waals surface area contributed by atoms with E-state index in [9.17, 15) is 9.59 Å². The highest BCUT2D eigenvalue weighted by atomic mass is 16.5.